The summed E-state index contributed by atoms with van der Waals surface area (Å²) in [6, 6.07) is 0.880. The third-order valence-electron chi connectivity index (χ3n) is 3.52. The van der Waals surface area contributed by atoms with E-state index in [-0.39, 0.29) is 0 Å². The highest BCUT2D eigenvalue weighted by Crippen LogP contribution is 2.22. The lowest BCUT2D eigenvalue weighted by Crippen LogP contribution is -2.44. The Morgan fingerprint density at radius 2 is 1.76 bits per heavy atom. The standard InChI is InChI=1S/C13H24O3Si/c1-4-17(14-2,15-3)12-16-11-10-13-8-6-5-7-9-13/h13H,4-9,12H2,1-3H3. The summed E-state index contributed by atoms with van der Waals surface area (Å²) in [5.41, 5.74) is 0. The van der Waals surface area contributed by atoms with Crippen molar-refractivity contribution in [3.63, 3.8) is 0 Å². The molecule has 1 aliphatic carbocycles. The van der Waals surface area contributed by atoms with Gasteiger partial charge in [0.15, 0.2) is 0 Å². The Kier molecular flexibility index (Phi) is 6.64. The molecule has 0 N–H and O–H groups in total. The first-order valence-corrected chi connectivity index (χ1v) is 8.72. The van der Waals surface area contributed by atoms with E-state index in [1.54, 1.807) is 14.2 Å². The zero-order chi connectivity index (χ0) is 12.6. The molecule has 0 aliphatic heterocycles. The van der Waals surface area contributed by atoms with Gasteiger partial charge in [0.25, 0.3) is 0 Å². The maximum absolute atomic E-state index is 5.45. The summed E-state index contributed by atoms with van der Waals surface area (Å²) < 4.78 is 16.3. The maximum atomic E-state index is 5.45. The molecule has 1 aliphatic rings. The molecule has 0 saturated heterocycles. The van der Waals surface area contributed by atoms with E-state index in [4.69, 9.17) is 13.6 Å². The minimum Gasteiger partial charge on any atom is -0.445 e. The van der Waals surface area contributed by atoms with Crippen molar-refractivity contribution in [1.29, 1.82) is 0 Å². The minimum atomic E-state index is -2.13. The average molecular weight is 256 g/mol. The molecule has 0 unspecified atom stereocenters. The van der Waals surface area contributed by atoms with Gasteiger partial charge in [-0.2, -0.15) is 0 Å². The normalized spacial score (nSPS) is 17.4. The molecule has 4 heteroatoms. The maximum Gasteiger partial charge on any atom is 0.377 e. The molecule has 0 aromatic heterocycles. The van der Waals surface area contributed by atoms with Crippen molar-refractivity contribution in [2.75, 3.05) is 20.4 Å². The van der Waals surface area contributed by atoms with Gasteiger partial charge in [-0.05, 0) is 18.9 Å². The van der Waals surface area contributed by atoms with Gasteiger partial charge in [-0.1, -0.05) is 32.1 Å². The summed E-state index contributed by atoms with van der Waals surface area (Å²) in [5.74, 6) is 3.74. The van der Waals surface area contributed by atoms with Crippen molar-refractivity contribution >= 4 is 8.56 Å². The zero-order valence-electron chi connectivity index (χ0n) is 11.3. The van der Waals surface area contributed by atoms with Crippen LogP contribution in [0.5, 0.6) is 0 Å². The van der Waals surface area contributed by atoms with Crippen LogP contribution in [0.25, 0.3) is 0 Å². The van der Waals surface area contributed by atoms with Crippen LogP contribution in [0.4, 0.5) is 0 Å². The Morgan fingerprint density at radius 1 is 1.12 bits per heavy atom. The van der Waals surface area contributed by atoms with Crippen LogP contribution < -0.4 is 0 Å². The molecule has 1 rings (SSSR count). The first-order chi connectivity index (χ1) is 8.26. The first-order valence-electron chi connectivity index (χ1n) is 6.49. The monoisotopic (exact) mass is 256 g/mol. The lowest BCUT2D eigenvalue weighted by molar-refractivity contribution is 0.194. The van der Waals surface area contributed by atoms with Crippen LogP contribution in [0.1, 0.15) is 39.0 Å². The van der Waals surface area contributed by atoms with Gasteiger partial charge in [0.05, 0.1) is 0 Å². The van der Waals surface area contributed by atoms with Crippen molar-refractivity contribution in [3.05, 3.63) is 0 Å². The number of hydrogen-bond acceptors (Lipinski definition) is 3. The fourth-order valence-electron chi connectivity index (χ4n) is 2.11. The second kappa shape index (κ2) is 7.75. The first kappa shape index (κ1) is 14.6. The molecule has 98 valence electrons. The molecule has 17 heavy (non-hydrogen) atoms. The van der Waals surface area contributed by atoms with E-state index in [0.29, 0.717) is 12.1 Å². The Balaban J connectivity index is 2.32. The van der Waals surface area contributed by atoms with Crippen LogP contribution in [0.15, 0.2) is 0 Å². The van der Waals surface area contributed by atoms with E-state index in [0.717, 1.165) is 6.04 Å². The number of rotatable bonds is 5. The molecule has 0 amide bonds. The van der Waals surface area contributed by atoms with Crippen molar-refractivity contribution in [2.24, 2.45) is 5.92 Å². The number of ether oxygens (including phenoxy) is 1. The lowest BCUT2D eigenvalue weighted by atomic mass is 9.90. The van der Waals surface area contributed by atoms with E-state index >= 15 is 0 Å². The summed E-state index contributed by atoms with van der Waals surface area (Å²) in [6.45, 7) is 2.07. The van der Waals surface area contributed by atoms with Gasteiger partial charge in [0.2, 0.25) is 0 Å². The van der Waals surface area contributed by atoms with Gasteiger partial charge in [0.1, 0.15) is 12.3 Å². The van der Waals surface area contributed by atoms with E-state index < -0.39 is 8.56 Å². The van der Waals surface area contributed by atoms with Crippen LogP contribution in [0.2, 0.25) is 6.04 Å². The van der Waals surface area contributed by atoms with E-state index in [1.165, 1.54) is 32.1 Å². The fraction of sp³-hybridized carbons (Fsp3) is 0.846. The van der Waals surface area contributed by atoms with Crippen LogP contribution in [0.3, 0.4) is 0 Å². The van der Waals surface area contributed by atoms with Crippen molar-refractivity contribution in [3.8, 4) is 12.0 Å². The van der Waals surface area contributed by atoms with Gasteiger partial charge < -0.3 is 13.6 Å². The molecule has 0 radical (unpaired) electrons. The predicted octanol–water partition coefficient (Wildman–Crippen LogP) is 2.84. The Bertz CT molecular complexity index is 251. The van der Waals surface area contributed by atoms with Crippen LogP contribution >= 0.6 is 0 Å². The van der Waals surface area contributed by atoms with E-state index in [1.807, 2.05) is 0 Å². The zero-order valence-corrected chi connectivity index (χ0v) is 12.3. The molecular formula is C13H24O3Si. The summed E-state index contributed by atoms with van der Waals surface area (Å²) in [4.78, 5) is 0. The Labute approximate surface area is 106 Å². The molecule has 0 aromatic carbocycles. The highest BCUT2D eigenvalue weighted by atomic mass is 28.4. The second-order valence-corrected chi connectivity index (χ2v) is 8.18. The number of hydrogen-bond donors (Lipinski definition) is 0. The summed E-state index contributed by atoms with van der Waals surface area (Å²) in [5, 5.41) is 0. The lowest BCUT2D eigenvalue weighted by Gasteiger charge is -2.24. The molecule has 1 saturated carbocycles. The van der Waals surface area contributed by atoms with Gasteiger partial charge in [-0.25, -0.2) is 0 Å². The highest BCUT2D eigenvalue weighted by Gasteiger charge is 2.34. The van der Waals surface area contributed by atoms with Gasteiger partial charge in [-0.3, -0.25) is 0 Å². The third kappa shape index (κ3) is 4.70. The second-order valence-electron chi connectivity index (χ2n) is 4.54. The molecule has 3 nitrogen and oxygen atoms in total. The third-order valence-corrected chi connectivity index (χ3v) is 6.66. The minimum absolute atomic E-state index is 0.496. The van der Waals surface area contributed by atoms with Gasteiger partial charge in [-0.15, -0.1) is 0 Å². The molecule has 0 bridgehead atoms. The fourth-order valence-corrected chi connectivity index (χ4v) is 3.59. The van der Waals surface area contributed by atoms with Gasteiger partial charge >= 0.3 is 8.56 Å². The summed E-state index contributed by atoms with van der Waals surface area (Å²) in [7, 11) is 1.25. The molecule has 0 aromatic rings. The molecule has 0 atom stereocenters. The topological polar surface area (TPSA) is 27.7 Å². The van der Waals surface area contributed by atoms with E-state index in [2.05, 4.69) is 19.0 Å². The van der Waals surface area contributed by atoms with Gasteiger partial charge in [0, 0.05) is 20.1 Å². The van der Waals surface area contributed by atoms with Crippen molar-refractivity contribution in [1.82, 2.24) is 0 Å². The summed E-state index contributed by atoms with van der Waals surface area (Å²) >= 11 is 0. The molecule has 1 fully saturated rings. The quantitative estimate of drug-likeness (QED) is 0.559. The van der Waals surface area contributed by atoms with Crippen molar-refractivity contribution in [2.45, 2.75) is 45.1 Å². The molecular weight excluding hydrogens is 232 g/mol. The SMILES string of the molecule is CC[Si](COC#CC1CCCCC1)(OC)OC. The largest absolute Gasteiger partial charge is 0.445 e. The molecule has 0 spiro atoms. The van der Waals surface area contributed by atoms with Crippen LogP contribution in [-0.2, 0) is 13.6 Å². The molecule has 0 heterocycles. The summed E-state index contributed by atoms with van der Waals surface area (Å²) in [6.07, 6.45) is 9.76. The average Bonchev–Trinajstić information content (AvgIpc) is 2.41. The van der Waals surface area contributed by atoms with Crippen LogP contribution in [-0.4, -0.2) is 29.0 Å². The van der Waals surface area contributed by atoms with Crippen molar-refractivity contribution < 1.29 is 13.6 Å². The van der Waals surface area contributed by atoms with E-state index in [9.17, 15) is 0 Å². The van der Waals surface area contributed by atoms with Crippen LogP contribution in [0, 0.1) is 17.9 Å². The Morgan fingerprint density at radius 3 is 2.29 bits per heavy atom. The predicted molar refractivity (Wildman–Crippen MR) is 70.6 cm³/mol. The highest BCUT2D eigenvalue weighted by molar-refractivity contribution is 6.67. The smallest absolute Gasteiger partial charge is 0.377 e. The Hall–Kier alpha value is -0.503.